The molecule has 1 amide bonds. The summed E-state index contributed by atoms with van der Waals surface area (Å²) >= 11 is 0. The molecular formula is C39H38F2N4O7. The van der Waals surface area contributed by atoms with Crippen LogP contribution in [0.15, 0.2) is 77.9 Å². The molecule has 0 spiro atoms. The van der Waals surface area contributed by atoms with Crippen molar-refractivity contribution in [2.75, 3.05) is 39.3 Å². The Hall–Kier alpha value is -5.53. The van der Waals surface area contributed by atoms with Crippen molar-refractivity contribution in [2.24, 2.45) is 0 Å². The topological polar surface area (TPSA) is 122 Å². The summed E-state index contributed by atoms with van der Waals surface area (Å²) in [5.41, 5.74) is 0.802. The molecule has 1 saturated carbocycles. The van der Waals surface area contributed by atoms with Gasteiger partial charge >= 0.3 is 0 Å². The number of hydrogen-bond donors (Lipinski definition) is 2. The van der Waals surface area contributed by atoms with Crippen molar-refractivity contribution in [3.63, 3.8) is 0 Å². The van der Waals surface area contributed by atoms with Crippen molar-refractivity contribution < 1.29 is 37.3 Å². The summed E-state index contributed by atoms with van der Waals surface area (Å²) in [6, 6.07) is 14.8. The van der Waals surface area contributed by atoms with Gasteiger partial charge in [0, 0.05) is 73.0 Å². The molecule has 3 heterocycles. The molecular weight excluding hydrogens is 674 g/mol. The zero-order valence-corrected chi connectivity index (χ0v) is 28.7. The Morgan fingerprint density at radius 2 is 1.77 bits per heavy atom. The van der Waals surface area contributed by atoms with Crippen LogP contribution in [0.4, 0.5) is 14.5 Å². The van der Waals surface area contributed by atoms with E-state index in [9.17, 15) is 14.0 Å². The van der Waals surface area contributed by atoms with Gasteiger partial charge in [-0.3, -0.25) is 19.1 Å². The maximum absolute atomic E-state index is 15.5. The average molecular weight is 713 g/mol. The number of nitrogens with zero attached hydrogens (tertiary/aromatic N) is 2. The lowest BCUT2D eigenvalue weighted by atomic mass is 9.93. The van der Waals surface area contributed by atoms with E-state index in [1.165, 1.54) is 48.1 Å². The third-order valence-corrected chi connectivity index (χ3v) is 9.38. The Bertz CT molecular complexity index is 2150. The third kappa shape index (κ3) is 7.41. The smallest absolute Gasteiger partial charge is 0.271 e. The zero-order valence-electron chi connectivity index (χ0n) is 28.7. The summed E-state index contributed by atoms with van der Waals surface area (Å²) in [5, 5.41) is 6.73. The van der Waals surface area contributed by atoms with Crippen LogP contribution in [0.2, 0.25) is 0 Å². The van der Waals surface area contributed by atoms with Crippen LogP contribution in [-0.4, -0.2) is 61.6 Å². The van der Waals surface area contributed by atoms with Crippen LogP contribution in [0.5, 0.6) is 28.7 Å². The fourth-order valence-corrected chi connectivity index (χ4v) is 6.64. The highest BCUT2D eigenvalue weighted by molar-refractivity contribution is 6.06. The van der Waals surface area contributed by atoms with E-state index in [0.717, 1.165) is 31.7 Å². The number of benzene rings is 3. The normalized spacial score (nSPS) is 16.6. The van der Waals surface area contributed by atoms with Crippen molar-refractivity contribution in [3.8, 4) is 34.4 Å². The lowest BCUT2D eigenvalue weighted by molar-refractivity contribution is 0.0621. The van der Waals surface area contributed by atoms with E-state index in [4.69, 9.17) is 23.7 Å². The number of carbonyl (C=O) groups is 1. The number of methoxy groups -OCH3 is 2. The van der Waals surface area contributed by atoms with Crippen LogP contribution in [0.25, 0.3) is 16.6 Å². The van der Waals surface area contributed by atoms with Crippen LogP contribution in [0.3, 0.4) is 0 Å². The van der Waals surface area contributed by atoms with Gasteiger partial charge in [-0.05, 0) is 74.2 Å². The molecule has 2 N–H and O–H groups in total. The summed E-state index contributed by atoms with van der Waals surface area (Å²) in [6.07, 6.45) is 8.18. The predicted molar refractivity (Wildman–Crippen MR) is 190 cm³/mol. The number of rotatable bonds is 12. The van der Waals surface area contributed by atoms with E-state index < -0.39 is 23.1 Å². The van der Waals surface area contributed by atoms with Crippen LogP contribution in [-0.2, 0) is 11.2 Å². The molecule has 1 fully saturated rings. The number of aromatic nitrogens is 2. The molecule has 2 aromatic heterocycles. The molecule has 270 valence electrons. The molecule has 3 aromatic carbocycles. The first-order valence-electron chi connectivity index (χ1n) is 17.1. The molecule has 0 unspecified atom stereocenters. The van der Waals surface area contributed by atoms with Crippen molar-refractivity contribution in [1.29, 1.82) is 0 Å². The minimum absolute atomic E-state index is 0.0957. The summed E-state index contributed by atoms with van der Waals surface area (Å²) in [5.74, 6) is -0.588. The van der Waals surface area contributed by atoms with Gasteiger partial charge in [-0.25, -0.2) is 8.78 Å². The summed E-state index contributed by atoms with van der Waals surface area (Å²) < 4.78 is 59.1. The van der Waals surface area contributed by atoms with E-state index in [1.807, 2.05) is 0 Å². The number of amides is 1. The SMILES string of the molecule is COc1cc2c(Oc3ccc(NC(=O)c4c5c(cn(-c6ccc(F)cc6)c4=O)CCO5)cc3F)ccnc2cc1OCCNC1CCC(OC)CC1. The summed E-state index contributed by atoms with van der Waals surface area (Å²) in [6.45, 7) is 1.40. The number of nitrogens with one attached hydrogen (secondary N) is 2. The quantitative estimate of drug-likeness (QED) is 0.138. The molecule has 1 aliphatic carbocycles. The summed E-state index contributed by atoms with van der Waals surface area (Å²) in [7, 11) is 3.30. The second-order valence-electron chi connectivity index (χ2n) is 12.7. The molecule has 5 aromatic rings. The van der Waals surface area contributed by atoms with Crippen molar-refractivity contribution in [3.05, 3.63) is 106 Å². The number of hydrogen-bond acceptors (Lipinski definition) is 9. The molecule has 0 saturated heterocycles. The van der Waals surface area contributed by atoms with Gasteiger partial charge in [-0.15, -0.1) is 0 Å². The van der Waals surface area contributed by atoms with Gasteiger partial charge in [-0.1, -0.05) is 0 Å². The standard InChI is InChI=1S/C39H38F2N4O7/c1-48-28-10-5-25(6-11-28)42-16-18-50-35-21-31-29(20-34(35)49-2)32(13-15-43-31)52-33-12-7-26(19-30(33)41)44-38(46)36-37-23(14-17-51-37)22-45(39(36)47)27-8-3-24(40)4-9-27/h3-4,7-9,12-13,15,19-22,25,28,42H,5-6,10-11,14,16-18H2,1-2H3,(H,44,46). The molecule has 1 aliphatic heterocycles. The lowest BCUT2D eigenvalue weighted by Crippen LogP contribution is -2.37. The van der Waals surface area contributed by atoms with Crippen LogP contribution in [0, 0.1) is 11.6 Å². The molecule has 0 bridgehead atoms. The largest absolute Gasteiger partial charge is 0.493 e. The molecule has 7 rings (SSSR count). The highest BCUT2D eigenvalue weighted by Gasteiger charge is 2.27. The number of anilines is 1. The predicted octanol–water partition coefficient (Wildman–Crippen LogP) is 6.58. The molecule has 2 aliphatic rings. The Labute approximate surface area is 298 Å². The fourth-order valence-electron chi connectivity index (χ4n) is 6.64. The van der Waals surface area contributed by atoms with E-state index >= 15 is 4.39 Å². The molecule has 0 atom stereocenters. The van der Waals surface area contributed by atoms with Crippen molar-refractivity contribution in [2.45, 2.75) is 44.2 Å². The van der Waals surface area contributed by atoms with Crippen molar-refractivity contribution in [1.82, 2.24) is 14.9 Å². The van der Waals surface area contributed by atoms with Gasteiger partial charge in [0.05, 0.1) is 25.3 Å². The highest BCUT2D eigenvalue weighted by Crippen LogP contribution is 2.38. The first-order chi connectivity index (χ1) is 25.3. The van der Waals surface area contributed by atoms with E-state index in [1.54, 1.807) is 37.7 Å². The number of fused-ring (bicyclic) bond motifs is 2. The van der Waals surface area contributed by atoms with E-state index in [2.05, 4.69) is 15.6 Å². The minimum Gasteiger partial charge on any atom is -0.493 e. The van der Waals surface area contributed by atoms with Crippen LogP contribution < -0.4 is 35.1 Å². The fraction of sp³-hybridized carbons (Fsp3) is 0.308. The Morgan fingerprint density at radius 3 is 2.52 bits per heavy atom. The van der Waals surface area contributed by atoms with Gasteiger partial charge < -0.3 is 34.3 Å². The number of halogens is 2. The van der Waals surface area contributed by atoms with Gasteiger partial charge in [0.15, 0.2) is 23.1 Å². The lowest BCUT2D eigenvalue weighted by Gasteiger charge is -2.28. The minimum atomic E-state index is -0.775. The van der Waals surface area contributed by atoms with Crippen LogP contribution in [0.1, 0.15) is 41.6 Å². The van der Waals surface area contributed by atoms with Crippen molar-refractivity contribution >= 4 is 22.5 Å². The van der Waals surface area contributed by atoms with Gasteiger partial charge in [-0.2, -0.15) is 0 Å². The van der Waals surface area contributed by atoms with E-state index in [0.29, 0.717) is 77.7 Å². The maximum atomic E-state index is 15.5. The van der Waals surface area contributed by atoms with Crippen LogP contribution >= 0.6 is 0 Å². The molecule has 0 radical (unpaired) electrons. The second-order valence-corrected chi connectivity index (χ2v) is 12.7. The van der Waals surface area contributed by atoms with Gasteiger partial charge in [0.1, 0.15) is 29.5 Å². The molecule has 52 heavy (non-hydrogen) atoms. The Kier molecular flexibility index (Phi) is 10.3. The van der Waals surface area contributed by atoms with Gasteiger partial charge in [0.2, 0.25) is 0 Å². The first-order valence-corrected chi connectivity index (χ1v) is 17.1. The Balaban J connectivity index is 1.05. The molecule has 13 heteroatoms. The highest BCUT2D eigenvalue weighted by atomic mass is 19.1. The molecule has 11 nitrogen and oxygen atoms in total. The number of pyridine rings is 2. The zero-order chi connectivity index (χ0) is 36.2. The monoisotopic (exact) mass is 712 g/mol. The van der Waals surface area contributed by atoms with E-state index in [-0.39, 0.29) is 22.7 Å². The average Bonchev–Trinajstić information content (AvgIpc) is 3.62. The first kappa shape index (κ1) is 34.9. The third-order valence-electron chi connectivity index (χ3n) is 9.38. The number of carbonyl (C=O) groups excluding carboxylic acids is 1. The summed E-state index contributed by atoms with van der Waals surface area (Å²) in [4.78, 5) is 31.4. The number of ether oxygens (including phenoxy) is 5. The van der Waals surface area contributed by atoms with Gasteiger partial charge in [0.25, 0.3) is 11.5 Å². The second kappa shape index (κ2) is 15.4. The Morgan fingerprint density at radius 1 is 0.962 bits per heavy atom. The maximum Gasteiger partial charge on any atom is 0.271 e.